The van der Waals surface area contributed by atoms with Gasteiger partial charge < -0.3 is 26.4 Å². The Morgan fingerprint density at radius 1 is 1.24 bits per heavy atom. The molecule has 1 aliphatic rings. The highest BCUT2D eigenvalue weighted by Crippen LogP contribution is 2.26. The number of hydrogen-bond donors (Lipinski definition) is 6. The van der Waals surface area contributed by atoms with E-state index in [-0.39, 0.29) is 17.2 Å². The van der Waals surface area contributed by atoms with Gasteiger partial charge in [0.25, 0.3) is 5.91 Å². The van der Waals surface area contributed by atoms with Gasteiger partial charge in [0, 0.05) is 12.6 Å². The molecule has 0 aromatic heterocycles. The fourth-order valence-corrected chi connectivity index (χ4v) is 3.21. The molecular formula is C18H26N6O4S. The molecule has 0 spiro atoms. The maximum absolute atomic E-state index is 12.7. The molecule has 2 rings (SSSR count). The lowest BCUT2D eigenvalue weighted by atomic mass is 10.1. The minimum atomic E-state index is -0.662. The predicted octanol–water partition coefficient (Wildman–Crippen LogP) is 1.99. The van der Waals surface area contributed by atoms with Crippen molar-refractivity contribution in [1.82, 2.24) is 16.1 Å². The van der Waals surface area contributed by atoms with Gasteiger partial charge in [-0.05, 0) is 45.9 Å². The first-order valence-electron chi connectivity index (χ1n) is 8.81. The molecule has 10 nitrogen and oxygen atoms in total. The smallest absolute Gasteiger partial charge is 0.426 e. The topological polar surface area (TPSA) is 147 Å². The highest BCUT2D eigenvalue weighted by molar-refractivity contribution is 8.03. The van der Waals surface area contributed by atoms with Crippen molar-refractivity contribution in [3.8, 4) is 0 Å². The van der Waals surface area contributed by atoms with Crippen LogP contribution in [0.1, 0.15) is 45.0 Å². The van der Waals surface area contributed by atoms with Crippen molar-refractivity contribution >= 4 is 41.0 Å². The van der Waals surface area contributed by atoms with Crippen molar-refractivity contribution in [1.29, 1.82) is 0 Å². The van der Waals surface area contributed by atoms with Crippen LogP contribution < -0.4 is 32.5 Å². The third kappa shape index (κ3) is 6.79. The number of nitrogens with two attached hydrogens (primary N) is 1. The Hall–Kier alpha value is -3.08. The second kappa shape index (κ2) is 8.95. The largest absolute Gasteiger partial charge is 0.443 e. The van der Waals surface area contributed by atoms with Crippen molar-refractivity contribution in [2.45, 2.75) is 45.7 Å². The first-order valence-corrected chi connectivity index (χ1v) is 9.69. The summed E-state index contributed by atoms with van der Waals surface area (Å²) in [5, 5.41) is 9.07. The van der Waals surface area contributed by atoms with E-state index in [1.807, 2.05) is 6.92 Å². The summed E-state index contributed by atoms with van der Waals surface area (Å²) < 4.78 is 5.14. The van der Waals surface area contributed by atoms with Crippen LogP contribution in [0.5, 0.6) is 0 Å². The Morgan fingerprint density at radius 3 is 2.48 bits per heavy atom. The number of nitrogens with one attached hydrogen (secondary N) is 5. The van der Waals surface area contributed by atoms with Gasteiger partial charge in [0.15, 0.2) is 5.50 Å². The van der Waals surface area contributed by atoms with Crippen LogP contribution in [0.25, 0.3) is 0 Å². The van der Waals surface area contributed by atoms with Gasteiger partial charge in [0.05, 0.1) is 22.0 Å². The van der Waals surface area contributed by atoms with Gasteiger partial charge in [0.1, 0.15) is 5.60 Å². The monoisotopic (exact) mass is 422 g/mol. The van der Waals surface area contributed by atoms with Gasteiger partial charge in [0.2, 0.25) is 5.91 Å². The number of amides is 3. The van der Waals surface area contributed by atoms with E-state index >= 15 is 0 Å². The molecular weight excluding hydrogens is 396 g/mol. The van der Waals surface area contributed by atoms with Crippen molar-refractivity contribution in [2.24, 2.45) is 5.73 Å². The van der Waals surface area contributed by atoms with E-state index in [1.165, 1.54) is 30.8 Å². The standard InChI is InChI=1S/C18H26N6O4S/c1-9-14(19)29-16(20-9)22-15(26)12-7-6-11(8-13(12)21-10(2)25)23-24-17(27)28-18(3,4)5/h6-8,16,20,23H,19H2,1-5H3,(H,21,25)(H,22,26)(H,24,27). The summed E-state index contributed by atoms with van der Waals surface area (Å²) in [6.07, 6.45) is -0.662. The van der Waals surface area contributed by atoms with E-state index in [2.05, 4.69) is 26.8 Å². The van der Waals surface area contributed by atoms with Gasteiger partial charge in [-0.2, -0.15) is 0 Å². The third-order valence-electron chi connectivity index (χ3n) is 3.51. The molecule has 158 valence electrons. The lowest BCUT2D eigenvalue weighted by Crippen LogP contribution is -2.40. The normalized spacial score (nSPS) is 16.0. The number of hydrazine groups is 1. The van der Waals surface area contributed by atoms with Crippen molar-refractivity contribution in [2.75, 3.05) is 10.7 Å². The summed E-state index contributed by atoms with van der Waals surface area (Å²) in [7, 11) is 0. The predicted molar refractivity (Wildman–Crippen MR) is 113 cm³/mol. The number of allylic oxidation sites excluding steroid dienone is 1. The number of thioether (sulfide) groups is 1. The van der Waals surface area contributed by atoms with Crippen LogP contribution in [-0.2, 0) is 9.53 Å². The Labute approximate surface area is 173 Å². The Kier molecular flexibility index (Phi) is 6.85. The molecule has 3 amide bonds. The molecule has 29 heavy (non-hydrogen) atoms. The molecule has 1 unspecified atom stereocenters. The Balaban J connectivity index is 2.09. The minimum Gasteiger partial charge on any atom is -0.443 e. The fourth-order valence-electron chi connectivity index (χ4n) is 2.31. The summed E-state index contributed by atoms with van der Waals surface area (Å²) in [5.41, 5.74) is 11.6. The SMILES string of the molecule is CC(=O)Nc1cc(NNC(=O)OC(C)(C)C)ccc1C(=O)NC1NC(C)=C(N)S1. The minimum absolute atomic E-state index is 0.258. The van der Waals surface area contributed by atoms with E-state index in [0.717, 1.165) is 5.70 Å². The molecule has 0 bridgehead atoms. The average molecular weight is 423 g/mol. The Morgan fingerprint density at radius 2 is 1.93 bits per heavy atom. The summed E-state index contributed by atoms with van der Waals surface area (Å²) in [5.74, 6) is -0.737. The number of rotatable bonds is 5. The lowest BCUT2D eigenvalue weighted by Gasteiger charge is -2.20. The quantitative estimate of drug-likeness (QED) is 0.395. The van der Waals surface area contributed by atoms with Gasteiger partial charge in [-0.3, -0.25) is 15.0 Å². The molecule has 0 saturated heterocycles. The van der Waals surface area contributed by atoms with E-state index in [1.54, 1.807) is 26.8 Å². The van der Waals surface area contributed by atoms with Crippen LogP contribution in [-0.4, -0.2) is 29.0 Å². The summed E-state index contributed by atoms with van der Waals surface area (Å²) in [4.78, 5) is 36.0. The number of benzene rings is 1. The van der Waals surface area contributed by atoms with E-state index in [0.29, 0.717) is 10.7 Å². The maximum Gasteiger partial charge on any atom is 0.426 e. The molecule has 1 atom stereocenters. The van der Waals surface area contributed by atoms with Crippen LogP contribution >= 0.6 is 11.8 Å². The first kappa shape index (κ1) is 22.2. The highest BCUT2D eigenvalue weighted by atomic mass is 32.2. The average Bonchev–Trinajstić information content (AvgIpc) is 2.88. The molecule has 0 saturated carbocycles. The number of anilines is 2. The molecule has 1 aromatic carbocycles. The van der Waals surface area contributed by atoms with Crippen LogP contribution in [0.3, 0.4) is 0 Å². The third-order valence-corrected chi connectivity index (χ3v) is 4.54. The zero-order chi connectivity index (χ0) is 21.8. The number of hydrogen-bond acceptors (Lipinski definition) is 8. The molecule has 1 aromatic rings. The lowest BCUT2D eigenvalue weighted by molar-refractivity contribution is -0.114. The fraction of sp³-hybridized carbons (Fsp3) is 0.389. The van der Waals surface area contributed by atoms with Crippen molar-refractivity contribution < 1.29 is 19.1 Å². The number of carbonyl (C=O) groups excluding carboxylic acids is 3. The molecule has 0 radical (unpaired) electrons. The second-order valence-corrected chi connectivity index (χ2v) is 8.45. The summed E-state index contributed by atoms with van der Waals surface area (Å²) in [6, 6.07) is 4.65. The van der Waals surface area contributed by atoms with Crippen LogP contribution in [0.15, 0.2) is 28.9 Å². The van der Waals surface area contributed by atoms with Gasteiger partial charge in [-0.1, -0.05) is 11.8 Å². The molecule has 0 fully saturated rings. The van der Waals surface area contributed by atoms with Crippen LogP contribution in [0.4, 0.5) is 16.2 Å². The van der Waals surface area contributed by atoms with Crippen molar-refractivity contribution in [3.05, 3.63) is 34.5 Å². The van der Waals surface area contributed by atoms with Crippen molar-refractivity contribution in [3.63, 3.8) is 0 Å². The van der Waals surface area contributed by atoms with Gasteiger partial charge in [-0.15, -0.1) is 0 Å². The number of carbonyl (C=O) groups is 3. The second-order valence-electron chi connectivity index (χ2n) is 7.30. The molecule has 1 aliphatic heterocycles. The summed E-state index contributed by atoms with van der Waals surface area (Å²) >= 11 is 1.29. The zero-order valence-corrected chi connectivity index (χ0v) is 17.7. The number of ether oxygens (including phenoxy) is 1. The van der Waals surface area contributed by atoms with E-state index < -0.39 is 23.1 Å². The molecule has 1 heterocycles. The first-order chi connectivity index (χ1) is 13.4. The van der Waals surface area contributed by atoms with E-state index in [9.17, 15) is 14.4 Å². The zero-order valence-electron chi connectivity index (χ0n) is 16.9. The van der Waals surface area contributed by atoms with Crippen LogP contribution in [0, 0.1) is 0 Å². The van der Waals surface area contributed by atoms with Gasteiger partial charge in [-0.25, -0.2) is 10.2 Å². The highest BCUT2D eigenvalue weighted by Gasteiger charge is 2.23. The van der Waals surface area contributed by atoms with Gasteiger partial charge >= 0.3 is 6.09 Å². The van der Waals surface area contributed by atoms with Crippen LogP contribution in [0.2, 0.25) is 0 Å². The Bertz CT molecular complexity index is 835. The maximum atomic E-state index is 12.7. The molecule has 7 N–H and O–H groups in total. The summed E-state index contributed by atoms with van der Waals surface area (Å²) in [6.45, 7) is 8.39. The van der Waals surface area contributed by atoms with E-state index in [4.69, 9.17) is 10.5 Å². The molecule has 0 aliphatic carbocycles. The molecule has 11 heteroatoms.